The number of fused-ring (bicyclic) bond motifs is 1. The molecule has 0 spiro atoms. The van der Waals surface area contributed by atoms with Gasteiger partial charge in [-0.1, -0.05) is 24.3 Å². The summed E-state index contributed by atoms with van der Waals surface area (Å²) in [5.74, 6) is 0.124. The Labute approximate surface area is 106 Å². The van der Waals surface area contributed by atoms with Crippen molar-refractivity contribution in [3.05, 3.63) is 42.2 Å². The summed E-state index contributed by atoms with van der Waals surface area (Å²) < 4.78 is 0. The zero-order valence-electron chi connectivity index (χ0n) is 10.3. The first kappa shape index (κ1) is 11.2. The first-order valence-corrected chi connectivity index (χ1v) is 6.48. The van der Waals surface area contributed by atoms with Crippen LogP contribution in [0.5, 0.6) is 0 Å². The van der Waals surface area contributed by atoms with E-state index in [1.165, 1.54) is 6.42 Å². The smallest absolute Gasteiger partial charge is 0.256 e. The number of amides is 1. The Bertz CT molecular complexity index is 568. The van der Waals surface area contributed by atoms with Gasteiger partial charge in [-0.3, -0.25) is 9.78 Å². The van der Waals surface area contributed by atoms with Crippen molar-refractivity contribution in [1.29, 1.82) is 0 Å². The lowest BCUT2D eigenvalue weighted by atomic mass is 10.1. The number of piperidine rings is 1. The Morgan fingerprint density at radius 1 is 1.06 bits per heavy atom. The van der Waals surface area contributed by atoms with Crippen LogP contribution in [-0.4, -0.2) is 28.9 Å². The van der Waals surface area contributed by atoms with E-state index < -0.39 is 0 Å². The van der Waals surface area contributed by atoms with E-state index in [0.29, 0.717) is 0 Å². The topological polar surface area (TPSA) is 33.2 Å². The Morgan fingerprint density at radius 2 is 1.83 bits per heavy atom. The minimum atomic E-state index is 0.124. The third kappa shape index (κ3) is 1.96. The summed E-state index contributed by atoms with van der Waals surface area (Å²) in [6, 6.07) is 7.93. The Morgan fingerprint density at radius 3 is 2.67 bits per heavy atom. The van der Waals surface area contributed by atoms with Gasteiger partial charge in [0.15, 0.2) is 0 Å². The summed E-state index contributed by atoms with van der Waals surface area (Å²) in [6.45, 7) is 1.75. The van der Waals surface area contributed by atoms with Crippen LogP contribution in [0, 0.1) is 0 Å². The highest BCUT2D eigenvalue weighted by Crippen LogP contribution is 2.20. The van der Waals surface area contributed by atoms with Crippen LogP contribution in [0.3, 0.4) is 0 Å². The molecule has 1 aliphatic rings. The zero-order valence-corrected chi connectivity index (χ0v) is 10.3. The number of rotatable bonds is 1. The summed E-state index contributed by atoms with van der Waals surface area (Å²) >= 11 is 0. The molecule has 1 aromatic heterocycles. The maximum atomic E-state index is 12.5. The van der Waals surface area contributed by atoms with Gasteiger partial charge in [-0.25, -0.2) is 0 Å². The number of benzene rings is 1. The predicted molar refractivity (Wildman–Crippen MR) is 71.5 cm³/mol. The molecular weight excluding hydrogens is 224 g/mol. The van der Waals surface area contributed by atoms with Crippen LogP contribution < -0.4 is 0 Å². The third-order valence-electron chi connectivity index (χ3n) is 3.54. The molecule has 0 aliphatic carbocycles. The van der Waals surface area contributed by atoms with Crippen LogP contribution in [0.25, 0.3) is 10.8 Å². The average Bonchev–Trinajstić information content (AvgIpc) is 2.47. The van der Waals surface area contributed by atoms with Crippen molar-refractivity contribution < 1.29 is 4.79 Å². The van der Waals surface area contributed by atoms with Gasteiger partial charge in [0.2, 0.25) is 0 Å². The van der Waals surface area contributed by atoms with Crippen molar-refractivity contribution >= 4 is 16.7 Å². The lowest BCUT2D eigenvalue weighted by Gasteiger charge is -2.27. The molecule has 3 rings (SSSR count). The van der Waals surface area contributed by atoms with E-state index in [1.54, 1.807) is 6.20 Å². The highest BCUT2D eigenvalue weighted by Gasteiger charge is 2.19. The predicted octanol–water partition coefficient (Wildman–Crippen LogP) is 2.86. The minimum Gasteiger partial charge on any atom is -0.339 e. The quantitative estimate of drug-likeness (QED) is 0.768. The number of pyridine rings is 1. The molecule has 1 amide bonds. The number of hydrogen-bond donors (Lipinski definition) is 0. The molecule has 0 atom stereocenters. The van der Waals surface area contributed by atoms with Crippen molar-refractivity contribution in [1.82, 2.24) is 9.88 Å². The molecule has 0 radical (unpaired) electrons. The molecule has 0 unspecified atom stereocenters. The Hall–Kier alpha value is -1.90. The van der Waals surface area contributed by atoms with Crippen LogP contribution in [0.1, 0.15) is 29.6 Å². The number of likely N-dealkylation sites (tertiary alicyclic amines) is 1. The third-order valence-corrected chi connectivity index (χ3v) is 3.54. The molecule has 1 saturated heterocycles. The second-order valence-corrected chi connectivity index (χ2v) is 4.76. The lowest BCUT2D eigenvalue weighted by molar-refractivity contribution is 0.0726. The number of carbonyl (C=O) groups excluding carboxylic acids is 1. The minimum absolute atomic E-state index is 0.124. The van der Waals surface area contributed by atoms with E-state index in [1.807, 2.05) is 35.4 Å². The SMILES string of the molecule is O=C(c1cncc2ccccc12)N1CCCCC1. The molecule has 0 bridgehead atoms. The molecule has 2 aromatic rings. The van der Waals surface area contributed by atoms with Gasteiger partial charge in [0.25, 0.3) is 5.91 Å². The first-order chi connectivity index (χ1) is 8.86. The zero-order chi connectivity index (χ0) is 12.4. The molecule has 0 N–H and O–H groups in total. The molecule has 1 fully saturated rings. The number of carbonyl (C=O) groups is 1. The second-order valence-electron chi connectivity index (χ2n) is 4.76. The fraction of sp³-hybridized carbons (Fsp3) is 0.333. The second kappa shape index (κ2) is 4.77. The summed E-state index contributed by atoms with van der Waals surface area (Å²) in [5.41, 5.74) is 0.731. The van der Waals surface area contributed by atoms with Gasteiger partial charge in [-0.2, -0.15) is 0 Å². The normalized spacial score (nSPS) is 15.9. The van der Waals surface area contributed by atoms with E-state index in [2.05, 4.69) is 4.98 Å². The molecule has 2 heterocycles. The summed E-state index contributed by atoms with van der Waals surface area (Å²) in [6.07, 6.45) is 6.97. The van der Waals surface area contributed by atoms with Crippen LogP contribution in [-0.2, 0) is 0 Å². The summed E-state index contributed by atoms with van der Waals surface area (Å²) in [7, 11) is 0. The van der Waals surface area contributed by atoms with Crippen molar-refractivity contribution in [2.45, 2.75) is 19.3 Å². The van der Waals surface area contributed by atoms with E-state index >= 15 is 0 Å². The average molecular weight is 240 g/mol. The largest absolute Gasteiger partial charge is 0.339 e. The molecule has 0 saturated carbocycles. The van der Waals surface area contributed by atoms with Gasteiger partial charge in [0.05, 0.1) is 5.56 Å². The molecule has 3 nitrogen and oxygen atoms in total. The van der Waals surface area contributed by atoms with Crippen LogP contribution in [0.2, 0.25) is 0 Å². The summed E-state index contributed by atoms with van der Waals surface area (Å²) in [4.78, 5) is 18.6. The van der Waals surface area contributed by atoms with Crippen LogP contribution in [0.15, 0.2) is 36.7 Å². The van der Waals surface area contributed by atoms with E-state index in [4.69, 9.17) is 0 Å². The molecule has 92 valence electrons. The van der Waals surface area contributed by atoms with Crippen molar-refractivity contribution in [3.8, 4) is 0 Å². The number of nitrogens with zero attached hydrogens (tertiary/aromatic N) is 2. The number of hydrogen-bond acceptors (Lipinski definition) is 2. The highest BCUT2D eigenvalue weighted by molar-refractivity contribution is 6.06. The van der Waals surface area contributed by atoms with E-state index in [-0.39, 0.29) is 5.91 Å². The summed E-state index contributed by atoms with van der Waals surface area (Å²) in [5, 5.41) is 2.03. The Kier molecular flexibility index (Phi) is 2.97. The maximum Gasteiger partial charge on any atom is 0.256 e. The lowest BCUT2D eigenvalue weighted by Crippen LogP contribution is -2.35. The van der Waals surface area contributed by atoms with Gasteiger partial charge >= 0.3 is 0 Å². The molecule has 3 heteroatoms. The molecule has 1 aromatic carbocycles. The van der Waals surface area contributed by atoms with Crippen LogP contribution >= 0.6 is 0 Å². The van der Waals surface area contributed by atoms with Gasteiger partial charge < -0.3 is 4.90 Å². The van der Waals surface area contributed by atoms with Crippen molar-refractivity contribution in [3.63, 3.8) is 0 Å². The van der Waals surface area contributed by atoms with Crippen molar-refractivity contribution in [2.24, 2.45) is 0 Å². The standard InChI is InChI=1S/C15H16N2O/c18-15(17-8-4-1-5-9-17)14-11-16-10-12-6-2-3-7-13(12)14/h2-3,6-7,10-11H,1,4-5,8-9H2. The maximum absolute atomic E-state index is 12.5. The molecular formula is C15H16N2O. The van der Waals surface area contributed by atoms with E-state index in [9.17, 15) is 4.79 Å². The van der Waals surface area contributed by atoms with E-state index in [0.717, 1.165) is 42.3 Å². The van der Waals surface area contributed by atoms with Gasteiger partial charge in [0, 0.05) is 30.9 Å². The fourth-order valence-electron chi connectivity index (χ4n) is 2.55. The fourth-order valence-corrected chi connectivity index (χ4v) is 2.55. The van der Waals surface area contributed by atoms with Gasteiger partial charge in [-0.15, -0.1) is 0 Å². The highest BCUT2D eigenvalue weighted by atomic mass is 16.2. The van der Waals surface area contributed by atoms with Crippen LogP contribution in [0.4, 0.5) is 0 Å². The molecule has 18 heavy (non-hydrogen) atoms. The van der Waals surface area contributed by atoms with Crippen molar-refractivity contribution in [2.75, 3.05) is 13.1 Å². The molecule has 1 aliphatic heterocycles. The Balaban J connectivity index is 2.00. The number of aromatic nitrogens is 1. The van der Waals surface area contributed by atoms with Gasteiger partial charge in [0.1, 0.15) is 0 Å². The van der Waals surface area contributed by atoms with Gasteiger partial charge in [-0.05, 0) is 24.6 Å². The first-order valence-electron chi connectivity index (χ1n) is 6.48. The monoisotopic (exact) mass is 240 g/mol.